The lowest BCUT2D eigenvalue weighted by atomic mass is 10.0. The molecule has 29 heavy (non-hydrogen) atoms. The minimum Gasteiger partial charge on any atom is -0.462 e. The van der Waals surface area contributed by atoms with E-state index >= 15 is 0 Å². The van der Waals surface area contributed by atoms with Gasteiger partial charge in [-0.25, -0.2) is 4.98 Å². The molecular weight excluding hydrogens is 390 g/mol. The summed E-state index contributed by atoms with van der Waals surface area (Å²) in [6, 6.07) is 11.2. The number of nitro groups is 1. The third-order valence-corrected chi connectivity index (χ3v) is 5.71. The molecule has 8 heteroatoms. The molecule has 0 bridgehead atoms. The van der Waals surface area contributed by atoms with Crippen LogP contribution in [0.4, 0.5) is 5.69 Å². The third-order valence-electron chi connectivity index (χ3n) is 4.68. The molecule has 7 nitrogen and oxygen atoms in total. The zero-order valence-corrected chi connectivity index (χ0v) is 17.0. The molecule has 2 N–H and O–H groups in total. The van der Waals surface area contributed by atoms with Gasteiger partial charge in [0, 0.05) is 30.2 Å². The Bertz CT molecular complexity index is 1040. The number of rotatable bonds is 8. The predicted molar refractivity (Wildman–Crippen MR) is 112 cm³/mol. The highest BCUT2D eigenvalue weighted by Gasteiger charge is 2.17. The first-order valence-electron chi connectivity index (χ1n) is 9.00. The Hall–Kier alpha value is -3.10. The van der Waals surface area contributed by atoms with Crippen molar-refractivity contribution in [2.24, 2.45) is 5.73 Å². The van der Waals surface area contributed by atoms with Crippen molar-refractivity contribution < 1.29 is 14.5 Å². The lowest BCUT2D eigenvalue weighted by Gasteiger charge is -2.06. The Labute approximate surface area is 172 Å². The fourth-order valence-electron chi connectivity index (χ4n) is 3.12. The number of aryl methyl sites for hydroxylation is 2. The van der Waals surface area contributed by atoms with Gasteiger partial charge in [0.2, 0.25) is 0 Å². The van der Waals surface area contributed by atoms with E-state index in [4.69, 9.17) is 15.5 Å². The number of nitro benzene ring substituents is 1. The van der Waals surface area contributed by atoms with Crippen LogP contribution in [0.1, 0.15) is 32.1 Å². The number of nitrogens with two attached hydrogens (primary N) is 1. The highest BCUT2D eigenvalue weighted by molar-refractivity contribution is 7.12. The molecule has 3 rings (SSSR count). The van der Waals surface area contributed by atoms with Crippen molar-refractivity contribution in [3.05, 3.63) is 78.7 Å². The molecule has 0 saturated heterocycles. The van der Waals surface area contributed by atoms with Crippen LogP contribution in [0.15, 0.2) is 36.4 Å². The van der Waals surface area contributed by atoms with Gasteiger partial charge in [0.05, 0.1) is 20.5 Å². The van der Waals surface area contributed by atoms with Crippen LogP contribution in [-0.4, -0.2) is 16.4 Å². The zero-order valence-electron chi connectivity index (χ0n) is 16.2. The van der Waals surface area contributed by atoms with Crippen molar-refractivity contribution in [1.29, 1.82) is 0 Å². The van der Waals surface area contributed by atoms with Crippen molar-refractivity contribution >= 4 is 23.5 Å². The molecule has 0 unspecified atom stereocenters. The van der Waals surface area contributed by atoms with E-state index in [0.29, 0.717) is 25.0 Å². The summed E-state index contributed by atoms with van der Waals surface area (Å²) >= 11 is 1.47. The predicted octanol–water partition coefficient (Wildman–Crippen LogP) is 4.06. The molecular formula is C21H21N3O4S. The fraction of sp³-hybridized carbons (Fsp3) is 0.238. The Kier molecular flexibility index (Phi) is 6.36. The summed E-state index contributed by atoms with van der Waals surface area (Å²) in [6.45, 7) is 4.62. The van der Waals surface area contributed by atoms with Gasteiger partial charge in [0.15, 0.2) is 0 Å². The maximum Gasteiger partial charge on any atom is 0.293 e. The van der Waals surface area contributed by atoms with Crippen LogP contribution in [-0.2, 0) is 29.1 Å². The molecule has 0 spiro atoms. The Morgan fingerprint density at radius 3 is 2.55 bits per heavy atom. The molecule has 1 heterocycles. The van der Waals surface area contributed by atoms with Gasteiger partial charge in [-0.2, -0.15) is 0 Å². The van der Waals surface area contributed by atoms with E-state index in [2.05, 4.69) is 0 Å². The average molecular weight is 411 g/mol. The summed E-state index contributed by atoms with van der Waals surface area (Å²) in [4.78, 5) is 27.1. The topological polar surface area (TPSA) is 108 Å². The molecule has 0 aliphatic rings. The maximum atomic E-state index is 11.1. The van der Waals surface area contributed by atoms with Gasteiger partial charge in [-0.3, -0.25) is 14.9 Å². The minimum absolute atomic E-state index is 0.117. The van der Waals surface area contributed by atoms with Gasteiger partial charge < -0.3 is 10.5 Å². The van der Waals surface area contributed by atoms with E-state index in [0.717, 1.165) is 37.8 Å². The number of carbonyl (C=O) groups is 1. The number of nitrogens with zero attached hydrogens (tertiary/aromatic N) is 2. The Morgan fingerprint density at radius 1 is 1.21 bits per heavy atom. The molecule has 2 aromatic carbocycles. The first-order valence-corrected chi connectivity index (χ1v) is 9.82. The van der Waals surface area contributed by atoms with Gasteiger partial charge >= 0.3 is 0 Å². The standard InChI is InChI=1S/C21H21N3O4S/c1-13-8-18(24(26)27)14(2)7-17(13)9-20-23-21(19(29-20)11-28-12-25)16-5-3-15(10-22)4-6-16/h3-8,12H,9-11,22H2,1-2H3. The van der Waals surface area contributed by atoms with E-state index < -0.39 is 0 Å². The highest BCUT2D eigenvalue weighted by atomic mass is 32.1. The summed E-state index contributed by atoms with van der Waals surface area (Å²) in [7, 11) is 0. The lowest BCUT2D eigenvalue weighted by Crippen LogP contribution is -1.98. The van der Waals surface area contributed by atoms with E-state index in [1.807, 2.05) is 37.3 Å². The van der Waals surface area contributed by atoms with Gasteiger partial charge in [-0.1, -0.05) is 24.3 Å². The fourth-order valence-corrected chi connectivity index (χ4v) is 4.15. The second-order valence-corrected chi connectivity index (χ2v) is 7.85. The quantitative estimate of drug-likeness (QED) is 0.340. The second-order valence-electron chi connectivity index (χ2n) is 6.69. The van der Waals surface area contributed by atoms with Crippen molar-refractivity contribution in [2.45, 2.75) is 33.4 Å². The van der Waals surface area contributed by atoms with Crippen LogP contribution < -0.4 is 5.73 Å². The largest absolute Gasteiger partial charge is 0.462 e. The van der Waals surface area contributed by atoms with Crippen LogP contribution >= 0.6 is 11.3 Å². The van der Waals surface area contributed by atoms with Crippen molar-refractivity contribution in [3.63, 3.8) is 0 Å². The zero-order chi connectivity index (χ0) is 21.0. The van der Waals surface area contributed by atoms with E-state index in [1.165, 1.54) is 11.3 Å². The van der Waals surface area contributed by atoms with Crippen LogP contribution in [0, 0.1) is 24.0 Å². The van der Waals surface area contributed by atoms with Gasteiger partial charge in [0.1, 0.15) is 6.61 Å². The van der Waals surface area contributed by atoms with Crippen LogP contribution in [0.25, 0.3) is 11.3 Å². The number of carbonyl (C=O) groups excluding carboxylic acids is 1. The lowest BCUT2D eigenvalue weighted by molar-refractivity contribution is -0.385. The maximum absolute atomic E-state index is 11.1. The molecule has 0 amide bonds. The number of hydrogen-bond donors (Lipinski definition) is 1. The molecule has 3 aromatic rings. The number of benzene rings is 2. The van der Waals surface area contributed by atoms with Crippen molar-refractivity contribution in [1.82, 2.24) is 4.98 Å². The first-order chi connectivity index (χ1) is 13.9. The van der Waals surface area contributed by atoms with Gasteiger partial charge in [0.25, 0.3) is 12.2 Å². The summed E-state index contributed by atoms with van der Waals surface area (Å²) < 4.78 is 4.97. The van der Waals surface area contributed by atoms with Crippen LogP contribution in [0.5, 0.6) is 0 Å². The molecule has 150 valence electrons. The highest BCUT2D eigenvalue weighted by Crippen LogP contribution is 2.32. The van der Waals surface area contributed by atoms with Gasteiger partial charge in [-0.05, 0) is 36.6 Å². The number of thiazole rings is 1. The smallest absolute Gasteiger partial charge is 0.293 e. The Balaban J connectivity index is 1.96. The van der Waals surface area contributed by atoms with Crippen molar-refractivity contribution in [2.75, 3.05) is 0 Å². The van der Waals surface area contributed by atoms with Crippen LogP contribution in [0.2, 0.25) is 0 Å². The molecule has 0 saturated carbocycles. The molecule has 1 aromatic heterocycles. The number of hydrogen-bond acceptors (Lipinski definition) is 7. The normalized spacial score (nSPS) is 10.7. The Morgan fingerprint density at radius 2 is 1.93 bits per heavy atom. The summed E-state index contributed by atoms with van der Waals surface area (Å²) in [5, 5.41) is 12.0. The van der Waals surface area contributed by atoms with E-state index in [9.17, 15) is 14.9 Å². The molecule has 0 fully saturated rings. The summed E-state index contributed by atoms with van der Waals surface area (Å²) in [6.07, 6.45) is 0.546. The SMILES string of the molecule is Cc1cc([N+](=O)[O-])c(C)cc1Cc1nc(-c2ccc(CN)cc2)c(COC=O)s1. The molecule has 0 aliphatic heterocycles. The van der Waals surface area contributed by atoms with E-state index in [1.54, 1.807) is 13.0 Å². The third kappa shape index (κ3) is 4.67. The molecule has 0 aliphatic carbocycles. The van der Waals surface area contributed by atoms with Crippen molar-refractivity contribution in [3.8, 4) is 11.3 Å². The van der Waals surface area contributed by atoms with E-state index in [-0.39, 0.29) is 17.2 Å². The number of aromatic nitrogens is 1. The average Bonchev–Trinajstić information content (AvgIpc) is 3.11. The number of ether oxygens (including phenoxy) is 1. The molecule has 0 radical (unpaired) electrons. The molecule has 0 atom stereocenters. The second kappa shape index (κ2) is 8.93. The first kappa shape index (κ1) is 20.6. The van der Waals surface area contributed by atoms with Gasteiger partial charge in [-0.15, -0.1) is 11.3 Å². The monoisotopic (exact) mass is 411 g/mol. The minimum atomic E-state index is -0.368. The van der Waals surface area contributed by atoms with Crippen LogP contribution in [0.3, 0.4) is 0 Å². The summed E-state index contributed by atoms with van der Waals surface area (Å²) in [5.74, 6) is 0. The summed E-state index contributed by atoms with van der Waals surface area (Å²) in [5.41, 5.74) is 10.9.